The predicted octanol–water partition coefficient (Wildman–Crippen LogP) is 1.02. The molecule has 4 saturated carbocycles. The van der Waals surface area contributed by atoms with E-state index in [-0.39, 0.29) is 11.6 Å². The van der Waals surface area contributed by atoms with Crippen LogP contribution in [0.3, 0.4) is 0 Å². The van der Waals surface area contributed by atoms with E-state index in [2.05, 4.69) is 20.6 Å². The third kappa shape index (κ3) is 2.48. The SMILES string of the molecule is NN=NC(=O)C1=C(N(N)[C@@H]2[C@@H]3CC4C[C@H]2C[C@@](ON)(C4)C3)c2cc[nH]c2NC1. The van der Waals surface area contributed by atoms with Gasteiger partial charge in [0, 0.05) is 18.3 Å². The molecule has 28 heavy (non-hydrogen) atoms. The van der Waals surface area contributed by atoms with Gasteiger partial charge in [-0.05, 0) is 55.9 Å². The van der Waals surface area contributed by atoms with Gasteiger partial charge in [-0.2, -0.15) is 0 Å². The first-order chi connectivity index (χ1) is 13.5. The maximum Gasteiger partial charge on any atom is 0.297 e. The van der Waals surface area contributed by atoms with Gasteiger partial charge < -0.3 is 21.2 Å². The van der Waals surface area contributed by atoms with Gasteiger partial charge in [-0.1, -0.05) is 10.3 Å². The lowest BCUT2D eigenvalue weighted by molar-refractivity contribution is -0.185. The predicted molar refractivity (Wildman–Crippen MR) is 102 cm³/mol. The first kappa shape index (κ1) is 17.7. The number of amides is 1. The zero-order valence-electron chi connectivity index (χ0n) is 15.6. The van der Waals surface area contributed by atoms with Gasteiger partial charge >= 0.3 is 0 Å². The van der Waals surface area contributed by atoms with Gasteiger partial charge in [0.15, 0.2) is 0 Å². The summed E-state index contributed by atoms with van der Waals surface area (Å²) >= 11 is 0. The Morgan fingerprint density at radius 1 is 1.29 bits per heavy atom. The van der Waals surface area contributed by atoms with Crippen LogP contribution in [0, 0.1) is 17.8 Å². The van der Waals surface area contributed by atoms with Crippen LogP contribution in [0.2, 0.25) is 0 Å². The summed E-state index contributed by atoms with van der Waals surface area (Å²) in [5.74, 6) is 19.4. The van der Waals surface area contributed by atoms with Gasteiger partial charge in [0.25, 0.3) is 5.91 Å². The van der Waals surface area contributed by atoms with Crippen molar-refractivity contribution in [1.29, 1.82) is 0 Å². The highest BCUT2D eigenvalue weighted by Gasteiger charge is 2.58. The summed E-state index contributed by atoms with van der Waals surface area (Å²) in [6.07, 6.45) is 6.94. The Hall–Kier alpha value is -2.43. The molecule has 5 aliphatic rings. The Labute approximate surface area is 162 Å². The quantitative estimate of drug-likeness (QED) is 0.293. The third-order valence-corrected chi connectivity index (χ3v) is 7.13. The van der Waals surface area contributed by atoms with E-state index in [0.717, 1.165) is 43.5 Å². The van der Waals surface area contributed by atoms with Crippen molar-refractivity contribution in [1.82, 2.24) is 9.99 Å². The molecule has 0 aromatic carbocycles. The molecular weight excluding hydrogens is 360 g/mol. The number of rotatable bonds is 4. The van der Waals surface area contributed by atoms with Gasteiger partial charge in [0.05, 0.1) is 22.9 Å². The molecule has 1 aliphatic heterocycles. The number of nitrogens with two attached hydrogens (primary N) is 3. The summed E-state index contributed by atoms with van der Waals surface area (Å²) in [5.41, 5.74) is 1.83. The van der Waals surface area contributed by atoms with Crippen LogP contribution in [-0.4, -0.2) is 34.1 Å². The lowest BCUT2D eigenvalue weighted by Crippen LogP contribution is -2.64. The molecule has 1 unspecified atom stereocenters. The van der Waals surface area contributed by atoms with Crippen molar-refractivity contribution in [2.24, 2.45) is 45.7 Å². The number of hydrogen-bond acceptors (Lipinski definition) is 7. The summed E-state index contributed by atoms with van der Waals surface area (Å²) in [5, 5.41) is 11.7. The average Bonchev–Trinajstić information content (AvgIpc) is 3.15. The first-order valence-electron chi connectivity index (χ1n) is 9.77. The number of nitrogens with zero attached hydrogens (tertiary/aromatic N) is 3. The smallest absolute Gasteiger partial charge is 0.297 e. The van der Waals surface area contributed by atoms with E-state index in [1.165, 1.54) is 0 Å². The average molecular weight is 386 g/mol. The molecule has 6 rings (SSSR count). The Balaban J connectivity index is 1.54. The van der Waals surface area contributed by atoms with Crippen LogP contribution in [0.1, 0.15) is 37.7 Å². The van der Waals surface area contributed by atoms with Crippen molar-refractivity contribution in [3.63, 3.8) is 0 Å². The Morgan fingerprint density at radius 3 is 2.71 bits per heavy atom. The number of hydrogen-bond donors (Lipinski definition) is 5. The number of hydrazine groups is 1. The molecule has 10 nitrogen and oxygen atoms in total. The fraction of sp³-hybridized carbons (Fsp3) is 0.611. The lowest BCUT2D eigenvalue weighted by atomic mass is 9.52. The topological polar surface area (TPSA) is 160 Å². The standard InChI is InChI=1S/C18H26N8O2/c19-25-24-17(27)13-8-23-16-12(1-2-22-16)15(13)26(20)14-10-3-9-4-11(14)7-18(5-9,6-10)28-21/h1-2,9-11,14,22-23H,3-8,20-21H2,(H2,19,24,27)/t9?,10-,11+,14-,18-. The van der Waals surface area contributed by atoms with Gasteiger partial charge in [0.2, 0.25) is 0 Å². The molecule has 5 atom stereocenters. The number of aromatic nitrogens is 1. The van der Waals surface area contributed by atoms with Crippen LogP contribution in [-0.2, 0) is 9.63 Å². The molecule has 1 aromatic rings. The summed E-state index contributed by atoms with van der Waals surface area (Å²) in [4.78, 5) is 21.2. The Bertz CT molecular complexity index is 846. The molecule has 4 bridgehead atoms. The van der Waals surface area contributed by atoms with Crippen LogP contribution >= 0.6 is 0 Å². The number of carbonyl (C=O) groups excluding carboxylic acids is 1. The zero-order chi connectivity index (χ0) is 19.5. The number of fused-ring (bicyclic) bond motifs is 1. The summed E-state index contributed by atoms with van der Waals surface area (Å²) in [6, 6.07) is 2.05. The van der Waals surface area contributed by atoms with Crippen LogP contribution in [0.15, 0.2) is 28.2 Å². The second kappa shape index (κ2) is 6.29. The fourth-order valence-electron chi connectivity index (χ4n) is 6.39. The van der Waals surface area contributed by atoms with Crippen molar-refractivity contribution in [3.8, 4) is 0 Å². The molecule has 1 aromatic heterocycles. The molecule has 4 aliphatic carbocycles. The normalized spacial score (nSPS) is 35.9. The lowest BCUT2D eigenvalue weighted by Gasteiger charge is -2.60. The largest absolute Gasteiger partial charge is 0.367 e. The number of carbonyl (C=O) groups is 1. The summed E-state index contributed by atoms with van der Waals surface area (Å²) < 4.78 is 0. The molecule has 1 amide bonds. The highest BCUT2D eigenvalue weighted by Crippen LogP contribution is 2.58. The second-order valence-corrected chi connectivity index (χ2v) is 8.64. The first-order valence-corrected chi connectivity index (χ1v) is 9.77. The van der Waals surface area contributed by atoms with Crippen molar-refractivity contribution in [2.45, 2.75) is 43.7 Å². The minimum absolute atomic E-state index is 0.133. The monoisotopic (exact) mass is 386 g/mol. The van der Waals surface area contributed by atoms with E-state index in [9.17, 15) is 4.79 Å². The van der Waals surface area contributed by atoms with Crippen LogP contribution in [0.25, 0.3) is 5.70 Å². The summed E-state index contributed by atoms with van der Waals surface area (Å²) in [6.45, 7) is 0.314. The second-order valence-electron chi connectivity index (χ2n) is 8.64. The third-order valence-electron chi connectivity index (χ3n) is 7.13. The highest BCUT2D eigenvalue weighted by atomic mass is 16.6. The zero-order valence-corrected chi connectivity index (χ0v) is 15.6. The summed E-state index contributed by atoms with van der Waals surface area (Å²) in [7, 11) is 0. The van der Waals surface area contributed by atoms with Crippen LogP contribution < -0.4 is 22.9 Å². The number of H-pyrrole nitrogens is 1. The molecule has 10 heteroatoms. The Kier molecular flexibility index (Phi) is 3.97. The van der Waals surface area contributed by atoms with Crippen molar-refractivity contribution < 1.29 is 9.63 Å². The van der Waals surface area contributed by atoms with E-state index >= 15 is 0 Å². The fourth-order valence-corrected chi connectivity index (χ4v) is 6.39. The molecule has 150 valence electrons. The van der Waals surface area contributed by atoms with E-state index in [1.807, 2.05) is 17.3 Å². The maximum absolute atomic E-state index is 12.6. The highest BCUT2D eigenvalue weighted by molar-refractivity contribution is 6.04. The van der Waals surface area contributed by atoms with E-state index < -0.39 is 5.91 Å². The van der Waals surface area contributed by atoms with Gasteiger partial charge in [-0.25, -0.2) is 11.7 Å². The number of anilines is 1. The van der Waals surface area contributed by atoms with Crippen molar-refractivity contribution in [2.75, 3.05) is 11.9 Å². The minimum atomic E-state index is -0.474. The molecule has 0 spiro atoms. The molecule has 2 heterocycles. The van der Waals surface area contributed by atoms with E-state index in [1.54, 1.807) is 0 Å². The van der Waals surface area contributed by atoms with Crippen LogP contribution in [0.4, 0.5) is 5.82 Å². The molecule has 8 N–H and O–H groups in total. The van der Waals surface area contributed by atoms with E-state index in [0.29, 0.717) is 35.6 Å². The molecule has 0 radical (unpaired) electrons. The minimum Gasteiger partial charge on any atom is -0.367 e. The van der Waals surface area contributed by atoms with Gasteiger partial charge in [-0.15, -0.1) is 0 Å². The number of aromatic amines is 1. The molecule has 4 fully saturated rings. The van der Waals surface area contributed by atoms with E-state index in [4.69, 9.17) is 22.4 Å². The van der Waals surface area contributed by atoms with Crippen molar-refractivity contribution in [3.05, 3.63) is 23.4 Å². The van der Waals surface area contributed by atoms with Crippen LogP contribution in [0.5, 0.6) is 0 Å². The maximum atomic E-state index is 12.6. The van der Waals surface area contributed by atoms with Crippen molar-refractivity contribution >= 4 is 17.4 Å². The molecule has 0 saturated heterocycles. The number of nitrogens with one attached hydrogen (secondary N) is 2. The Morgan fingerprint density at radius 2 is 2.04 bits per heavy atom. The molecular formula is C18H26N8O2. The van der Waals surface area contributed by atoms with Gasteiger partial charge in [-0.3, -0.25) is 9.63 Å². The van der Waals surface area contributed by atoms with Gasteiger partial charge in [0.1, 0.15) is 5.82 Å².